The van der Waals surface area contributed by atoms with Crippen LogP contribution in [0, 0.1) is 12.7 Å². The van der Waals surface area contributed by atoms with Gasteiger partial charge in [0.25, 0.3) is 5.91 Å². The van der Waals surface area contributed by atoms with Gasteiger partial charge in [0.15, 0.2) is 0 Å². The van der Waals surface area contributed by atoms with Gasteiger partial charge in [0.1, 0.15) is 11.6 Å². The summed E-state index contributed by atoms with van der Waals surface area (Å²) in [6.45, 7) is 2.78. The standard InChI is InChI=1S/C20H18FN3O/c1-14-4-2-3-5-16(14)12-22-18-10-11-19(23-13-18)24-20(25)15-6-8-17(21)9-7-15/h2-11,13,22H,12H2,1H3,(H,23,24,25). The Morgan fingerprint density at radius 3 is 2.48 bits per heavy atom. The lowest BCUT2D eigenvalue weighted by Gasteiger charge is -2.09. The quantitative estimate of drug-likeness (QED) is 0.727. The highest BCUT2D eigenvalue weighted by Gasteiger charge is 2.07. The first kappa shape index (κ1) is 16.6. The van der Waals surface area contributed by atoms with Gasteiger partial charge in [-0.15, -0.1) is 0 Å². The molecule has 1 aromatic heterocycles. The van der Waals surface area contributed by atoms with Crippen LogP contribution in [0.25, 0.3) is 0 Å². The Morgan fingerprint density at radius 1 is 1.04 bits per heavy atom. The number of rotatable bonds is 5. The van der Waals surface area contributed by atoms with E-state index >= 15 is 0 Å². The first-order chi connectivity index (χ1) is 12.1. The van der Waals surface area contributed by atoms with Gasteiger partial charge in [0.05, 0.1) is 11.9 Å². The lowest BCUT2D eigenvalue weighted by molar-refractivity contribution is 0.102. The highest BCUT2D eigenvalue weighted by molar-refractivity contribution is 6.03. The number of carbonyl (C=O) groups is 1. The maximum absolute atomic E-state index is 12.9. The number of nitrogens with zero attached hydrogens (tertiary/aromatic N) is 1. The lowest BCUT2D eigenvalue weighted by atomic mass is 10.1. The number of aromatic nitrogens is 1. The number of aryl methyl sites for hydroxylation is 1. The van der Waals surface area contributed by atoms with Crippen LogP contribution in [0.15, 0.2) is 66.9 Å². The fourth-order valence-corrected chi connectivity index (χ4v) is 2.37. The number of pyridine rings is 1. The highest BCUT2D eigenvalue weighted by atomic mass is 19.1. The maximum atomic E-state index is 12.9. The van der Waals surface area contributed by atoms with Crippen LogP contribution < -0.4 is 10.6 Å². The van der Waals surface area contributed by atoms with E-state index in [1.807, 2.05) is 18.2 Å². The van der Waals surface area contributed by atoms with Crippen molar-refractivity contribution in [1.82, 2.24) is 4.98 Å². The van der Waals surface area contributed by atoms with Gasteiger partial charge in [0.2, 0.25) is 0 Å². The van der Waals surface area contributed by atoms with Gasteiger partial charge in [-0.2, -0.15) is 0 Å². The molecule has 2 aromatic carbocycles. The highest BCUT2D eigenvalue weighted by Crippen LogP contribution is 2.14. The molecule has 0 saturated heterocycles. The number of hydrogen-bond acceptors (Lipinski definition) is 3. The van der Waals surface area contributed by atoms with Crippen molar-refractivity contribution in [3.05, 3.63) is 89.4 Å². The fourth-order valence-electron chi connectivity index (χ4n) is 2.37. The third-order valence-electron chi connectivity index (χ3n) is 3.86. The average molecular weight is 335 g/mol. The molecule has 1 amide bonds. The number of nitrogens with one attached hydrogen (secondary N) is 2. The molecule has 0 aliphatic heterocycles. The van der Waals surface area contributed by atoms with Gasteiger partial charge in [-0.1, -0.05) is 24.3 Å². The molecular formula is C20H18FN3O. The predicted molar refractivity (Wildman–Crippen MR) is 97.1 cm³/mol. The molecule has 0 aliphatic rings. The molecule has 0 fully saturated rings. The van der Waals surface area contributed by atoms with Gasteiger partial charge in [-0.25, -0.2) is 9.37 Å². The molecule has 3 aromatic rings. The molecule has 3 rings (SSSR count). The van der Waals surface area contributed by atoms with Crippen LogP contribution in [-0.4, -0.2) is 10.9 Å². The van der Waals surface area contributed by atoms with Crippen LogP contribution in [0.2, 0.25) is 0 Å². The summed E-state index contributed by atoms with van der Waals surface area (Å²) in [7, 11) is 0. The molecule has 0 unspecified atom stereocenters. The molecule has 126 valence electrons. The van der Waals surface area contributed by atoms with E-state index in [0.29, 0.717) is 17.9 Å². The summed E-state index contributed by atoms with van der Waals surface area (Å²) in [6.07, 6.45) is 1.67. The van der Waals surface area contributed by atoms with Gasteiger partial charge >= 0.3 is 0 Å². The van der Waals surface area contributed by atoms with Crippen LogP contribution in [0.1, 0.15) is 21.5 Å². The van der Waals surface area contributed by atoms with Crippen molar-refractivity contribution in [1.29, 1.82) is 0 Å². The zero-order chi connectivity index (χ0) is 17.6. The topological polar surface area (TPSA) is 54.0 Å². The Balaban J connectivity index is 1.59. The van der Waals surface area contributed by atoms with Crippen LogP contribution in [0.3, 0.4) is 0 Å². The molecule has 0 spiro atoms. The number of amides is 1. The normalized spacial score (nSPS) is 10.3. The van der Waals surface area contributed by atoms with Crippen LogP contribution in [-0.2, 0) is 6.54 Å². The Labute approximate surface area is 145 Å². The van der Waals surface area contributed by atoms with Crippen molar-refractivity contribution >= 4 is 17.4 Å². The second kappa shape index (κ2) is 7.57. The molecule has 0 aliphatic carbocycles. The Hall–Kier alpha value is -3.21. The molecule has 0 bridgehead atoms. The molecule has 2 N–H and O–H groups in total. The number of anilines is 2. The third kappa shape index (κ3) is 4.41. The smallest absolute Gasteiger partial charge is 0.256 e. The molecule has 4 nitrogen and oxygen atoms in total. The van der Waals surface area contributed by atoms with E-state index in [4.69, 9.17) is 0 Å². The van der Waals surface area contributed by atoms with E-state index in [-0.39, 0.29) is 11.7 Å². The van der Waals surface area contributed by atoms with E-state index in [1.54, 1.807) is 12.3 Å². The number of hydrogen-bond donors (Lipinski definition) is 2. The summed E-state index contributed by atoms with van der Waals surface area (Å²) in [6, 6.07) is 17.1. The summed E-state index contributed by atoms with van der Waals surface area (Å²) in [5.41, 5.74) is 3.69. The van der Waals surface area contributed by atoms with Crippen molar-refractivity contribution in [2.24, 2.45) is 0 Å². The van der Waals surface area contributed by atoms with E-state index < -0.39 is 0 Å². The van der Waals surface area contributed by atoms with Crippen molar-refractivity contribution in [2.45, 2.75) is 13.5 Å². The molecular weight excluding hydrogens is 317 g/mol. The third-order valence-corrected chi connectivity index (χ3v) is 3.86. The van der Waals surface area contributed by atoms with E-state index in [0.717, 1.165) is 5.69 Å². The molecule has 0 radical (unpaired) electrons. The van der Waals surface area contributed by atoms with Crippen molar-refractivity contribution in [3.63, 3.8) is 0 Å². The Morgan fingerprint density at radius 2 is 1.80 bits per heavy atom. The van der Waals surface area contributed by atoms with Gasteiger partial charge in [-0.3, -0.25) is 4.79 Å². The first-order valence-electron chi connectivity index (χ1n) is 7.93. The van der Waals surface area contributed by atoms with Crippen molar-refractivity contribution < 1.29 is 9.18 Å². The number of halogens is 1. The molecule has 5 heteroatoms. The largest absolute Gasteiger partial charge is 0.380 e. The number of carbonyl (C=O) groups excluding carboxylic acids is 1. The molecule has 1 heterocycles. The summed E-state index contributed by atoms with van der Waals surface area (Å²) < 4.78 is 12.9. The van der Waals surface area contributed by atoms with Crippen molar-refractivity contribution in [2.75, 3.05) is 10.6 Å². The minimum atomic E-state index is -0.376. The maximum Gasteiger partial charge on any atom is 0.256 e. The molecule has 0 saturated carbocycles. The summed E-state index contributed by atoms with van der Waals surface area (Å²) in [5, 5.41) is 5.99. The summed E-state index contributed by atoms with van der Waals surface area (Å²) in [5.74, 6) is -0.261. The van der Waals surface area contributed by atoms with Crippen LogP contribution >= 0.6 is 0 Å². The minimum Gasteiger partial charge on any atom is -0.380 e. The Bertz CT molecular complexity index is 861. The second-order valence-electron chi connectivity index (χ2n) is 5.67. The zero-order valence-corrected chi connectivity index (χ0v) is 13.8. The van der Waals surface area contributed by atoms with Crippen LogP contribution in [0.5, 0.6) is 0 Å². The average Bonchev–Trinajstić information content (AvgIpc) is 2.63. The Kier molecular flexibility index (Phi) is 5.04. The molecule has 0 atom stereocenters. The SMILES string of the molecule is Cc1ccccc1CNc1ccc(NC(=O)c2ccc(F)cc2)nc1. The monoisotopic (exact) mass is 335 g/mol. The van der Waals surface area contributed by atoms with E-state index in [9.17, 15) is 9.18 Å². The predicted octanol–water partition coefficient (Wildman–Crippen LogP) is 4.39. The fraction of sp³-hybridized carbons (Fsp3) is 0.100. The molecule has 25 heavy (non-hydrogen) atoms. The second-order valence-corrected chi connectivity index (χ2v) is 5.67. The summed E-state index contributed by atoms with van der Waals surface area (Å²) >= 11 is 0. The van der Waals surface area contributed by atoms with Crippen molar-refractivity contribution in [3.8, 4) is 0 Å². The van der Waals surface area contributed by atoms with E-state index in [1.165, 1.54) is 35.4 Å². The first-order valence-corrected chi connectivity index (χ1v) is 7.93. The zero-order valence-electron chi connectivity index (χ0n) is 13.8. The minimum absolute atomic E-state index is 0.326. The number of benzene rings is 2. The van der Waals surface area contributed by atoms with Crippen LogP contribution in [0.4, 0.5) is 15.9 Å². The van der Waals surface area contributed by atoms with Gasteiger partial charge < -0.3 is 10.6 Å². The van der Waals surface area contributed by atoms with E-state index in [2.05, 4.69) is 34.7 Å². The van der Waals surface area contributed by atoms with Gasteiger partial charge in [0, 0.05) is 12.1 Å². The summed E-state index contributed by atoms with van der Waals surface area (Å²) in [4.78, 5) is 16.3. The van der Waals surface area contributed by atoms with Gasteiger partial charge in [-0.05, 0) is 54.4 Å². The lowest BCUT2D eigenvalue weighted by Crippen LogP contribution is -2.13.